The van der Waals surface area contributed by atoms with E-state index < -0.39 is 5.97 Å². The van der Waals surface area contributed by atoms with Crippen LogP contribution in [0.5, 0.6) is 0 Å². The van der Waals surface area contributed by atoms with E-state index in [9.17, 15) is 9.90 Å². The topological polar surface area (TPSA) is 37.3 Å². The largest absolute Gasteiger partial charge is 0.481 e. The standard InChI is InChI=1S/C16H18O2S/c1-12-4-2-5-13(10-12)11-14(16(17)18)7-8-15-6-3-9-19-15/h2-6,9-10,14H,7-8,11H2,1H3,(H,17,18). The highest BCUT2D eigenvalue weighted by Gasteiger charge is 2.18. The van der Waals surface area contributed by atoms with Gasteiger partial charge in [-0.05, 0) is 43.2 Å². The summed E-state index contributed by atoms with van der Waals surface area (Å²) in [5, 5.41) is 11.4. The van der Waals surface area contributed by atoms with Crippen LogP contribution < -0.4 is 0 Å². The summed E-state index contributed by atoms with van der Waals surface area (Å²) in [6.07, 6.45) is 2.16. The Kier molecular flexibility index (Phi) is 4.74. The van der Waals surface area contributed by atoms with Crippen molar-refractivity contribution >= 4 is 17.3 Å². The van der Waals surface area contributed by atoms with Gasteiger partial charge in [0.25, 0.3) is 0 Å². The number of hydrogen-bond donors (Lipinski definition) is 1. The molecule has 0 aliphatic heterocycles. The van der Waals surface area contributed by atoms with Gasteiger partial charge < -0.3 is 5.11 Å². The zero-order chi connectivity index (χ0) is 13.7. The molecule has 19 heavy (non-hydrogen) atoms. The maximum Gasteiger partial charge on any atom is 0.306 e. The van der Waals surface area contributed by atoms with Crippen molar-refractivity contribution in [3.63, 3.8) is 0 Å². The molecule has 1 atom stereocenters. The van der Waals surface area contributed by atoms with Crippen LogP contribution in [0.1, 0.15) is 22.4 Å². The average Bonchev–Trinajstić information content (AvgIpc) is 2.87. The molecular formula is C16H18O2S. The maximum atomic E-state index is 11.4. The minimum Gasteiger partial charge on any atom is -0.481 e. The van der Waals surface area contributed by atoms with E-state index in [1.807, 2.05) is 36.6 Å². The van der Waals surface area contributed by atoms with E-state index in [4.69, 9.17) is 0 Å². The number of thiophene rings is 1. The van der Waals surface area contributed by atoms with E-state index in [1.54, 1.807) is 11.3 Å². The maximum absolute atomic E-state index is 11.4. The molecule has 0 radical (unpaired) electrons. The van der Waals surface area contributed by atoms with Crippen LogP contribution in [0.3, 0.4) is 0 Å². The van der Waals surface area contributed by atoms with Crippen LogP contribution in [0.2, 0.25) is 0 Å². The zero-order valence-electron chi connectivity index (χ0n) is 11.0. The van der Waals surface area contributed by atoms with Gasteiger partial charge in [-0.2, -0.15) is 0 Å². The third kappa shape index (κ3) is 4.21. The molecule has 0 fully saturated rings. The van der Waals surface area contributed by atoms with Gasteiger partial charge in [0.1, 0.15) is 0 Å². The number of carboxylic acids is 1. The van der Waals surface area contributed by atoms with Gasteiger partial charge in [-0.25, -0.2) is 0 Å². The summed E-state index contributed by atoms with van der Waals surface area (Å²) in [7, 11) is 0. The fourth-order valence-corrected chi connectivity index (χ4v) is 2.93. The number of hydrogen-bond acceptors (Lipinski definition) is 2. The third-order valence-corrected chi connectivity index (χ3v) is 4.17. The highest BCUT2D eigenvalue weighted by atomic mass is 32.1. The van der Waals surface area contributed by atoms with Gasteiger partial charge >= 0.3 is 5.97 Å². The van der Waals surface area contributed by atoms with Crippen LogP contribution in [0.4, 0.5) is 0 Å². The summed E-state index contributed by atoms with van der Waals surface area (Å²) in [5.41, 5.74) is 2.29. The molecule has 1 N–H and O–H groups in total. The Morgan fingerprint density at radius 3 is 2.79 bits per heavy atom. The van der Waals surface area contributed by atoms with E-state index in [0.717, 1.165) is 12.0 Å². The van der Waals surface area contributed by atoms with Crippen molar-refractivity contribution in [2.45, 2.75) is 26.2 Å². The molecule has 1 unspecified atom stereocenters. The predicted molar refractivity (Wildman–Crippen MR) is 78.6 cm³/mol. The third-order valence-electron chi connectivity index (χ3n) is 3.23. The molecule has 2 rings (SSSR count). The Balaban J connectivity index is 1.98. The molecule has 0 aliphatic carbocycles. The molecule has 3 heteroatoms. The van der Waals surface area contributed by atoms with Gasteiger partial charge in [0.05, 0.1) is 5.92 Å². The minimum atomic E-state index is -0.696. The lowest BCUT2D eigenvalue weighted by atomic mass is 9.94. The molecule has 0 bridgehead atoms. The fraction of sp³-hybridized carbons (Fsp3) is 0.312. The van der Waals surface area contributed by atoms with Crippen molar-refractivity contribution in [3.8, 4) is 0 Å². The summed E-state index contributed by atoms with van der Waals surface area (Å²) < 4.78 is 0. The molecule has 1 aromatic carbocycles. The van der Waals surface area contributed by atoms with Gasteiger partial charge in [0, 0.05) is 4.88 Å². The molecule has 2 nitrogen and oxygen atoms in total. The minimum absolute atomic E-state index is 0.302. The predicted octanol–water partition coefficient (Wildman–Crippen LogP) is 3.93. The quantitative estimate of drug-likeness (QED) is 0.866. The highest BCUT2D eigenvalue weighted by molar-refractivity contribution is 7.09. The van der Waals surface area contributed by atoms with Crippen molar-refractivity contribution in [1.29, 1.82) is 0 Å². The second-order valence-corrected chi connectivity index (χ2v) is 5.88. The van der Waals surface area contributed by atoms with E-state index in [1.165, 1.54) is 10.4 Å². The van der Waals surface area contributed by atoms with Crippen LogP contribution in [0, 0.1) is 12.8 Å². The Hall–Kier alpha value is -1.61. The molecule has 0 saturated carbocycles. The smallest absolute Gasteiger partial charge is 0.306 e. The molecule has 2 aromatic rings. The molecule has 1 heterocycles. The van der Waals surface area contributed by atoms with E-state index in [-0.39, 0.29) is 5.92 Å². The van der Waals surface area contributed by atoms with Crippen LogP contribution >= 0.6 is 11.3 Å². The lowest BCUT2D eigenvalue weighted by molar-refractivity contribution is -0.141. The molecule has 0 saturated heterocycles. The van der Waals surface area contributed by atoms with Gasteiger partial charge in [0.2, 0.25) is 0 Å². The molecule has 0 spiro atoms. The summed E-state index contributed by atoms with van der Waals surface area (Å²) in [6.45, 7) is 2.03. The summed E-state index contributed by atoms with van der Waals surface area (Å²) in [5.74, 6) is -0.998. The van der Waals surface area contributed by atoms with Crippen molar-refractivity contribution in [3.05, 3.63) is 57.8 Å². The first-order valence-corrected chi connectivity index (χ1v) is 7.34. The second kappa shape index (κ2) is 6.53. The lowest BCUT2D eigenvalue weighted by Crippen LogP contribution is -2.17. The van der Waals surface area contributed by atoms with E-state index in [2.05, 4.69) is 12.1 Å². The fourth-order valence-electron chi connectivity index (χ4n) is 2.21. The van der Waals surface area contributed by atoms with Crippen LogP contribution in [0.25, 0.3) is 0 Å². The Morgan fingerprint density at radius 1 is 1.32 bits per heavy atom. The summed E-state index contributed by atoms with van der Waals surface area (Å²) in [4.78, 5) is 12.6. The number of aliphatic carboxylic acids is 1. The number of aryl methyl sites for hydroxylation is 2. The van der Waals surface area contributed by atoms with Gasteiger partial charge in [-0.15, -0.1) is 11.3 Å². The van der Waals surface area contributed by atoms with E-state index >= 15 is 0 Å². The molecule has 0 amide bonds. The first-order chi connectivity index (χ1) is 9.15. The van der Waals surface area contributed by atoms with Crippen molar-refractivity contribution < 1.29 is 9.90 Å². The Labute approximate surface area is 117 Å². The lowest BCUT2D eigenvalue weighted by Gasteiger charge is -2.12. The normalized spacial score (nSPS) is 12.3. The van der Waals surface area contributed by atoms with Gasteiger partial charge in [0.15, 0.2) is 0 Å². The number of carbonyl (C=O) groups is 1. The first-order valence-electron chi connectivity index (χ1n) is 6.46. The average molecular weight is 274 g/mol. The molecule has 0 aliphatic rings. The zero-order valence-corrected chi connectivity index (χ0v) is 11.8. The van der Waals surface area contributed by atoms with Gasteiger partial charge in [-0.1, -0.05) is 35.9 Å². The Bertz CT molecular complexity index is 531. The monoisotopic (exact) mass is 274 g/mol. The van der Waals surface area contributed by atoms with Crippen LogP contribution in [0.15, 0.2) is 41.8 Å². The highest BCUT2D eigenvalue weighted by Crippen LogP contribution is 2.19. The second-order valence-electron chi connectivity index (χ2n) is 4.85. The van der Waals surface area contributed by atoms with Gasteiger partial charge in [-0.3, -0.25) is 4.79 Å². The first kappa shape index (κ1) is 13.8. The van der Waals surface area contributed by atoms with E-state index in [0.29, 0.717) is 12.8 Å². The van der Waals surface area contributed by atoms with Crippen molar-refractivity contribution in [1.82, 2.24) is 0 Å². The number of benzene rings is 1. The van der Waals surface area contributed by atoms with Crippen LogP contribution in [-0.4, -0.2) is 11.1 Å². The molecule has 1 aromatic heterocycles. The van der Waals surface area contributed by atoms with Crippen molar-refractivity contribution in [2.24, 2.45) is 5.92 Å². The van der Waals surface area contributed by atoms with Crippen LogP contribution in [-0.2, 0) is 17.6 Å². The van der Waals surface area contributed by atoms with Crippen molar-refractivity contribution in [2.75, 3.05) is 0 Å². The molecule has 100 valence electrons. The Morgan fingerprint density at radius 2 is 2.16 bits per heavy atom. The number of carboxylic acid groups (broad SMARTS) is 1. The number of rotatable bonds is 6. The summed E-state index contributed by atoms with van der Waals surface area (Å²) >= 11 is 1.69. The SMILES string of the molecule is Cc1cccc(CC(CCc2cccs2)C(=O)O)c1. The molecular weight excluding hydrogens is 256 g/mol. The summed E-state index contributed by atoms with van der Waals surface area (Å²) in [6, 6.07) is 12.2.